The first-order valence-corrected chi connectivity index (χ1v) is 28.5. The van der Waals surface area contributed by atoms with Gasteiger partial charge in [-0.15, -0.1) is 0 Å². The molecule has 6 atom stereocenters. The van der Waals surface area contributed by atoms with Gasteiger partial charge in [-0.25, -0.2) is 4.57 Å². The Kier molecular flexibility index (Phi) is 43.6. The number of ether oxygens (including phenoxy) is 2. The fraction of sp³-hybridized carbons (Fsp3) is 0.610. The maximum Gasteiger partial charge on any atom is 0.472 e. The minimum Gasteiger partial charge on any atom is -0.457 e. The van der Waals surface area contributed by atoms with E-state index in [0.717, 1.165) is 141 Å². The summed E-state index contributed by atoms with van der Waals surface area (Å²) in [5, 5.41) is 50.4. The number of allylic oxidation sites excluding steroid dienone is 22. The van der Waals surface area contributed by atoms with E-state index in [1.54, 1.807) is 0 Å². The minimum atomic E-state index is -5.05. The van der Waals surface area contributed by atoms with Crippen LogP contribution < -0.4 is 0 Å². The molecule has 0 spiro atoms. The van der Waals surface area contributed by atoms with Crippen molar-refractivity contribution in [3.05, 3.63) is 134 Å². The third kappa shape index (κ3) is 38.1. The lowest BCUT2D eigenvalue weighted by molar-refractivity contribution is -0.220. The van der Waals surface area contributed by atoms with Crippen LogP contribution in [0.5, 0.6) is 0 Å². The quantitative estimate of drug-likeness (QED) is 0.0147. The Labute approximate surface area is 434 Å². The van der Waals surface area contributed by atoms with Crippen molar-refractivity contribution < 1.29 is 58.3 Å². The number of hydrogen-bond donors (Lipinski definition) is 6. The van der Waals surface area contributed by atoms with Gasteiger partial charge in [0.05, 0.1) is 13.2 Å². The molecule has 6 unspecified atom stereocenters. The van der Waals surface area contributed by atoms with Gasteiger partial charge in [0.1, 0.15) is 42.7 Å². The van der Waals surface area contributed by atoms with Crippen LogP contribution in [0.4, 0.5) is 0 Å². The zero-order valence-corrected chi connectivity index (χ0v) is 44.8. The second kappa shape index (κ2) is 47.2. The molecule has 0 bridgehead atoms. The van der Waals surface area contributed by atoms with Gasteiger partial charge in [-0.1, -0.05) is 186 Å². The first-order valence-electron chi connectivity index (χ1n) is 27.0. The number of aliphatic hydroxyl groups excluding tert-OH is 5. The number of hydrogen-bond acceptors (Lipinski definition) is 11. The second-order valence-corrected chi connectivity index (χ2v) is 19.4. The van der Waals surface area contributed by atoms with Gasteiger partial charge in [0, 0.05) is 13.0 Å². The smallest absolute Gasteiger partial charge is 0.457 e. The van der Waals surface area contributed by atoms with Crippen LogP contribution in [0.15, 0.2) is 134 Å². The van der Waals surface area contributed by atoms with Crippen LogP contribution in [0.25, 0.3) is 0 Å². The number of unbranched alkanes of at least 4 members (excludes halogenated alkanes) is 10. The number of phosphoric ester groups is 1. The van der Waals surface area contributed by atoms with E-state index in [9.17, 15) is 39.8 Å². The van der Waals surface area contributed by atoms with Crippen molar-refractivity contribution in [3.63, 3.8) is 0 Å². The van der Waals surface area contributed by atoms with Crippen LogP contribution in [0.2, 0.25) is 0 Å². The number of rotatable bonds is 44. The van der Waals surface area contributed by atoms with Gasteiger partial charge >= 0.3 is 13.8 Å². The van der Waals surface area contributed by atoms with Crippen LogP contribution in [0.1, 0.15) is 168 Å². The number of aliphatic hydroxyl groups is 5. The molecule has 0 radical (unpaired) electrons. The highest BCUT2D eigenvalue weighted by atomic mass is 31.2. The summed E-state index contributed by atoms with van der Waals surface area (Å²) in [7, 11) is -5.05. The zero-order valence-electron chi connectivity index (χ0n) is 43.9. The zero-order chi connectivity index (χ0) is 52.6. The molecule has 6 N–H and O–H groups in total. The summed E-state index contributed by atoms with van der Waals surface area (Å²) in [5.74, 6) is -0.509. The van der Waals surface area contributed by atoms with Crippen molar-refractivity contribution in [1.82, 2.24) is 0 Å². The number of carbonyl (C=O) groups is 1. The first kappa shape index (κ1) is 66.5. The molecule has 0 aromatic rings. The summed E-state index contributed by atoms with van der Waals surface area (Å²) in [6.45, 7) is 3.95. The number of esters is 1. The van der Waals surface area contributed by atoms with Crippen molar-refractivity contribution in [3.8, 4) is 0 Å². The Morgan fingerprint density at radius 1 is 0.444 bits per heavy atom. The molecule has 1 aliphatic carbocycles. The fourth-order valence-corrected chi connectivity index (χ4v) is 8.30. The molecule has 72 heavy (non-hydrogen) atoms. The first-order chi connectivity index (χ1) is 35.0. The predicted molar refractivity (Wildman–Crippen MR) is 294 cm³/mol. The highest BCUT2D eigenvalue weighted by molar-refractivity contribution is 7.47. The molecule has 1 fully saturated rings. The highest BCUT2D eigenvalue weighted by Gasteiger charge is 2.51. The fourth-order valence-electron chi connectivity index (χ4n) is 7.33. The van der Waals surface area contributed by atoms with Crippen LogP contribution in [0, 0.1) is 0 Å². The lowest BCUT2D eigenvalue weighted by Gasteiger charge is -2.41. The van der Waals surface area contributed by atoms with Crippen LogP contribution in [-0.4, -0.2) is 98.9 Å². The molecule has 408 valence electrons. The van der Waals surface area contributed by atoms with Crippen molar-refractivity contribution in [2.75, 3.05) is 19.8 Å². The molecule has 0 aliphatic heterocycles. The lowest BCUT2D eigenvalue weighted by atomic mass is 9.85. The average molecular weight is 1030 g/mol. The van der Waals surface area contributed by atoms with Gasteiger partial charge in [0.25, 0.3) is 0 Å². The summed E-state index contributed by atoms with van der Waals surface area (Å²) in [6.07, 6.45) is 57.9. The molecule has 12 nitrogen and oxygen atoms in total. The number of carbonyl (C=O) groups excluding carboxylic acids is 1. The molecule has 0 heterocycles. The van der Waals surface area contributed by atoms with Crippen LogP contribution >= 0.6 is 7.82 Å². The van der Waals surface area contributed by atoms with Crippen molar-refractivity contribution in [1.29, 1.82) is 0 Å². The normalized spacial score (nSPS) is 21.7. The molecule has 1 aliphatic rings. The van der Waals surface area contributed by atoms with Crippen LogP contribution in [0.3, 0.4) is 0 Å². The SMILES string of the molecule is CC/C=C\C/C=C\C/C=C\C/C=C\C/C=C\C/C=C\CCCCCCCOCC(COP(=O)(O)OC1C(O)C(O)C(O)C(O)C1O)OC(=O)CCCCCCC/C=C\C/C=C\C/C=C\C/C=C\C/C=C\CC. The van der Waals surface area contributed by atoms with Crippen LogP contribution in [-0.2, 0) is 27.9 Å². The molecule has 13 heteroatoms. The topological polar surface area (TPSA) is 192 Å². The molecular formula is C59H95O12P. The molecule has 1 saturated carbocycles. The molecule has 0 aromatic carbocycles. The maximum atomic E-state index is 12.9. The van der Waals surface area contributed by atoms with Gasteiger partial charge in [0.2, 0.25) is 0 Å². The average Bonchev–Trinajstić information content (AvgIpc) is 3.37. The third-order valence-corrected chi connectivity index (χ3v) is 12.5. The van der Waals surface area contributed by atoms with E-state index < -0.39 is 63.1 Å². The summed E-state index contributed by atoms with van der Waals surface area (Å²) >= 11 is 0. The Bertz CT molecular complexity index is 1690. The van der Waals surface area contributed by atoms with E-state index in [2.05, 4.69) is 148 Å². The summed E-state index contributed by atoms with van der Waals surface area (Å²) < 4.78 is 34.3. The Balaban J connectivity index is 2.38. The maximum absolute atomic E-state index is 12.9. The van der Waals surface area contributed by atoms with Gasteiger partial charge in [0.15, 0.2) is 0 Å². The molecular weight excluding hydrogens is 932 g/mol. The molecule has 0 saturated heterocycles. The molecule has 0 amide bonds. The van der Waals surface area contributed by atoms with Gasteiger partial charge in [-0.3, -0.25) is 13.8 Å². The summed E-state index contributed by atoms with van der Waals surface area (Å²) in [5.41, 5.74) is 0. The lowest BCUT2D eigenvalue weighted by Crippen LogP contribution is -2.64. The third-order valence-electron chi connectivity index (χ3n) is 11.5. The van der Waals surface area contributed by atoms with E-state index >= 15 is 0 Å². The van der Waals surface area contributed by atoms with E-state index in [1.165, 1.54) is 0 Å². The predicted octanol–water partition coefficient (Wildman–Crippen LogP) is 12.8. The Hall–Kier alpha value is -3.52. The minimum absolute atomic E-state index is 0.109. The number of phosphoric acid groups is 1. The monoisotopic (exact) mass is 1030 g/mol. The van der Waals surface area contributed by atoms with Gasteiger partial charge < -0.3 is 39.9 Å². The van der Waals surface area contributed by atoms with E-state index in [-0.39, 0.29) is 13.0 Å². The van der Waals surface area contributed by atoms with Gasteiger partial charge in [-0.2, -0.15) is 0 Å². The van der Waals surface area contributed by atoms with E-state index in [1.807, 2.05) is 0 Å². The molecule has 1 rings (SSSR count). The summed E-state index contributed by atoms with van der Waals surface area (Å²) in [4.78, 5) is 23.3. The highest BCUT2D eigenvalue weighted by Crippen LogP contribution is 2.47. The second-order valence-electron chi connectivity index (χ2n) is 18.0. The largest absolute Gasteiger partial charge is 0.472 e. The Morgan fingerprint density at radius 3 is 1.18 bits per heavy atom. The van der Waals surface area contributed by atoms with Gasteiger partial charge in [-0.05, 0) is 109 Å². The molecule has 0 aromatic heterocycles. The standard InChI is InChI=1S/C59H95O12P/c1-3-5-7-9-11-13-15-17-19-21-23-25-26-27-29-31-33-35-37-39-41-43-45-47-49-68-50-52(51-69-72(66,67)71-59-57(64)55(62)54(61)56(63)58(59)65)70-53(60)48-46-44-42-40-38-36-34-32-30-28-24-22-20-18-16-14-12-10-8-6-4-2/h5-8,11-14,17-20,23-25,27-29,32-35,52,54-59,61-65H,3-4,9-10,15-16,21-22,26,30-31,36-51H2,1-2H3,(H,66,67)/b7-5-,8-6-,13-11-,14-12-,19-17-,20-18-,25-23-,28-24-,29-27-,34-32-,35-33-. The summed E-state index contributed by atoms with van der Waals surface area (Å²) in [6, 6.07) is 0. The van der Waals surface area contributed by atoms with Crippen molar-refractivity contribution in [2.45, 2.75) is 211 Å². The van der Waals surface area contributed by atoms with E-state index in [4.69, 9.17) is 18.5 Å². The van der Waals surface area contributed by atoms with Crippen molar-refractivity contribution in [2.24, 2.45) is 0 Å². The Morgan fingerprint density at radius 2 is 0.778 bits per heavy atom. The van der Waals surface area contributed by atoms with Crippen molar-refractivity contribution >= 4 is 13.8 Å². The van der Waals surface area contributed by atoms with E-state index in [0.29, 0.717) is 13.0 Å².